The second kappa shape index (κ2) is 4.47. The quantitative estimate of drug-likeness (QED) is 0.888. The number of aliphatic hydroxyl groups is 1. The Balaban J connectivity index is 1.95. The van der Waals surface area contributed by atoms with Gasteiger partial charge in [-0.2, -0.15) is 18.2 Å². The highest BCUT2D eigenvalue weighted by Crippen LogP contribution is 2.34. The second-order valence-corrected chi connectivity index (χ2v) is 5.30. The molecule has 0 aliphatic carbocycles. The summed E-state index contributed by atoms with van der Waals surface area (Å²) in [6.45, 7) is 3.22. The Labute approximate surface area is 114 Å². The first kappa shape index (κ1) is 13.4. The zero-order valence-electron chi connectivity index (χ0n) is 10.9. The van der Waals surface area contributed by atoms with Gasteiger partial charge in [-0.3, -0.25) is 0 Å². The minimum absolute atomic E-state index is 0.120. The lowest BCUT2D eigenvalue weighted by molar-refractivity contribution is -0.141. The van der Waals surface area contributed by atoms with Gasteiger partial charge in [0.2, 0.25) is 5.95 Å². The molecule has 3 rings (SSSR count). The van der Waals surface area contributed by atoms with Crippen molar-refractivity contribution in [3.63, 3.8) is 0 Å². The predicted octanol–water partition coefficient (Wildman–Crippen LogP) is 1.27. The number of halogens is 3. The van der Waals surface area contributed by atoms with Gasteiger partial charge in [0.15, 0.2) is 5.69 Å². The Kier molecular flexibility index (Phi) is 3.00. The molecule has 110 valence electrons. The Morgan fingerprint density at radius 2 is 2.00 bits per heavy atom. The van der Waals surface area contributed by atoms with Gasteiger partial charge in [0.1, 0.15) is 5.82 Å². The third kappa shape index (κ3) is 2.28. The third-order valence-electron chi connectivity index (χ3n) is 3.75. The smallest absolute Gasteiger partial charge is 0.389 e. The molecule has 1 N–H and O–H groups in total. The molecule has 1 atom stereocenters. The molecule has 3 heterocycles. The molecule has 0 spiro atoms. The SMILES string of the molecule is CC1CCN1c1nc(N2CC(O)C2)cc(C(F)(F)F)n1. The fourth-order valence-electron chi connectivity index (χ4n) is 2.31. The number of β-amino-alcohol motifs (C(OH)–C–C–N with tert-alkyl or cyclic N) is 1. The van der Waals surface area contributed by atoms with Gasteiger partial charge in [-0.15, -0.1) is 0 Å². The second-order valence-electron chi connectivity index (χ2n) is 5.30. The molecule has 0 aromatic carbocycles. The van der Waals surface area contributed by atoms with Crippen LogP contribution < -0.4 is 9.80 Å². The van der Waals surface area contributed by atoms with Crippen molar-refractivity contribution in [3.05, 3.63) is 11.8 Å². The highest BCUT2D eigenvalue weighted by molar-refractivity contribution is 5.50. The van der Waals surface area contributed by atoms with E-state index in [1.54, 1.807) is 9.80 Å². The van der Waals surface area contributed by atoms with Gasteiger partial charge in [-0.25, -0.2) is 4.98 Å². The standard InChI is InChI=1S/C12H15F3N4O/c1-7-2-3-19(7)11-16-9(12(13,14)15)4-10(17-11)18-5-8(20)6-18/h4,7-8,20H,2-3,5-6H2,1H3. The third-order valence-corrected chi connectivity index (χ3v) is 3.75. The van der Waals surface area contributed by atoms with Crippen molar-refractivity contribution in [1.29, 1.82) is 0 Å². The maximum Gasteiger partial charge on any atom is 0.433 e. The zero-order chi connectivity index (χ0) is 14.5. The molecule has 5 nitrogen and oxygen atoms in total. The van der Waals surface area contributed by atoms with E-state index in [-0.39, 0.29) is 17.8 Å². The zero-order valence-corrected chi connectivity index (χ0v) is 10.9. The number of hydrogen-bond donors (Lipinski definition) is 1. The summed E-state index contributed by atoms with van der Waals surface area (Å²) >= 11 is 0. The van der Waals surface area contributed by atoms with Crippen LogP contribution in [-0.4, -0.2) is 46.9 Å². The monoisotopic (exact) mass is 288 g/mol. The lowest BCUT2D eigenvalue weighted by atomic mass is 10.1. The first-order chi connectivity index (χ1) is 9.34. The summed E-state index contributed by atoms with van der Waals surface area (Å²) in [6.07, 6.45) is -4.06. The minimum atomic E-state index is -4.50. The first-order valence-electron chi connectivity index (χ1n) is 6.50. The van der Waals surface area contributed by atoms with E-state index in [0.717, 1.165) is 12.5 Å². The average molecular weight is 288 g/mol. The number of rotatable bonds is 2. The Bertz CT molecular complexity index is 516. The number of alkyl halides is 3. The van der Waals surface area contributed by atoms with E-state index in [1.165, 1.54) is 0 Å². The van der Waals surface area contributed by atoms with E-state index in [4.69, 9.17) is 0 Å². The fourth-order valence-corrected chi connectivity index (χ4v) is 2.31. The molecule has 0 radical (unpaired) electrons. The summed E-state index contributed by atoms with van der Waals surface area (Å²) in [5.74, 6) is 0.349. The molecule has 2 fully saturated rings. The molecule has 2 aliphatic rings. The van der Waals surface area contributed by atoms with Crippen molar-refractivity contribution in [2.75, 3.05) is 29.4 Å². The molecule has 1 unspecified atom stereocenters. The van der Waals surface area contributed by atoms with Crippen LogP contribution in [0.3, 0.4) is 0 Å². The maximum atomic E-state index is 12.9. The van der Waals surface area contributed by atoms with E-state index in [2.05, 4.69) is 9.97 Å². The van der Waals surface area contributed by atoms with Gasteiger partial charge < -0.3 is 14.9 Å². The van der Waals surface area contributed by atoms with E-state index in [9.17, 15) is 18.3 Å². The van der Waals surface area contributed by atoms with Gasteiger partial charge in [-0.1, -0.05) is 0 Å². The molecule has 1 aromatic heterocycles. The van der Waals surface area contributed by atoms with E-state index in [0.29, 0.717) is 19.6 Å². The molecule has 0 bridgehead atoms. The Hall–Kier alpha value is -1.57. The van der Waals surface area contributed by atoms with Gasteiger partial charge in [0.25, 0.3) is 0 Å². The van der Waals surface area contributed by atoms with Crippen molar-refractivity contribution < 1.29 is 18.3 Å². The summed E-state index contributed by atoms with van der Waals surface area (Å²) in [7, 11) is 0. The van der Waals surface area contributed by atoms with Crippen molar-refractivity contribution >= 4 is 11.8 Å². The maximum absolute atomic E-state index is 12.9. The fraction of sp³-hybridized carbons (Fsp3) is 0.667. The van der Waals surface area contributed by atoms with E-state index in [1.807, 2.05) is 6.92 Å². The lowest BCUT2D eigenvalue weighted by Crippen LogP contribution is -2.52. The predicted molar refractivity (Wildman–Crippen MR) is 66.7 cm³/mol. The Morgan fingerprint density at radius 3 is 2.45 bits per heavy atom. The number of anilines is 2. The molecule has 0 amide bonds. The molecule has 8 heteroatoms. The van der Waals surface area contributed by atoms with Crippen LogP contribution in [0, 0.1) is 0 Å². The van der Waals surface area contributed by atoms with Crippen LogP contribution in [0.25, 0.3) is 0 Å². The number of aromatic nitrogens is 2. The van der Waals surface area contributed by atoms with Gasteiger partial charge in [0, 0.05) is 31.7 Å². The van der Waals surface area contributed by atoms with Crippen LogP contribution in [0.5, 0.6) is 0 Å². The van der Waals surface area contributed by atoms with Crippen LogP contribution in [0.2, 0.25) is 0 Å². The van der Waals surface area contributed by atoms with E-state index >= 15 is 0 Å². The van der Waals surface area contributed by atoms with Crippen molar-refractivity contribution in [2.24, 2.45) is 0 Å². The number of hydrogen-bond acceptors (Lipinski definition) is 5. The topological polar surface area (TPSA) is 52.5 Å². The molecule has 0 saturated carbocycles. The van der Waals surface area contributed by atoms with Crippen LogP contribution >= 0.6 is 0 Å². The molecular weight excluding hydrogens is 273 g/mol. The average Bonchev–Trinajstić information content (AvgIpc) is 2.31. The molecule has 1 aromatic rings. The van der Waals surface area contributed by atoms with Crippen molar-refractivity contribution in [2.45, 2.75) is 31.7 Å². The molecule has 2 aliphatic heterocycles. The van der Waals surface area contributed by atoms with Crippen LogP contribution in [0.15, 0.2) is 6.07 Å². The summed E-state index contributed by atoms with van der Waals surface area (Å²) in [6, 6.07) is 1.10. The molecule has 2 saturated heterocycles. The van der Waals surface area contributed by atoms with Crippen molar-refractivity contribution in [1.82, 2.24) is 9.97 Å². The molecule has 20 heavy (non-hydrogen) atoms. The van der Waals surface area contributed by atoms with E-state index < -0.39 is 18.0 Å². The summed E-state index contributed by atoms with van der Waals surface area (Å²) in [4.78, 5) is 11.2. The van der Waals surface area contributed by atoms with Crippen LogP contribution in [0.1, 0.15) is 19.0 Å². The summed E-state index contributed by atoms with van der Waals surface area (Å²) in [5.41, 5.74) is -0.932. The minimum Gasteiger partial charge on any atom is -0.389 e. The first-order valence-corrected chi connectivity index (χ1v) is 6.50. The number of aliphatic hydroxyl groups excluding tert-OH is 1. The lowest BCUT2D eigenvalue weighted by Gasteiger charge is -2.41. The largest absolute Gasteiger partial charge is 0.433 e. The van der Waals surface area contributed by atoms with Gasteiger partial charge in [0.05, 0.1) is 6.10 Å². The van der Waals surface area contributed by atoms with Gasteiger partial charge >= 0.3 is 6.18 Å². The van der Waals surface area contributed by atoms with Crippen LogP contribution in [0.4, 0.5) is 24.9 Å². The normalized spacial score (nSPS) is 23.6. The van der Waals surface area contributed by atoms with Crippen LogP contribution in [-0.2, 0) is 6.18 Å². The Morgan fingerprint density at radius 1 is 1.30 bits per heavy atom. The molecular formula is C12H15F3N4O. The highest BCUT2D eigenvalue weighted by Gasteiger charge is 2.37. The van der Waals surface area contributed by atoms with Crippen molar-refractivity contribution in [3.8, 4) is 0 Å². The number of nitrogens with zero attached hydrogens (tertiary/aromatic N) is 4. The summed E-state index contributed by atoms with van der Waals surface area (Å²) in [5, 5.41) is 9.27. The van der Waals surface area contributed by atoms with Gasteiger partial charge in [-0.05, 0) is 13.3 Å². The summed E-state index contributed by atoms with van der Waals surface area (Å²) < 4.78 is 38.7. The highest BCUT2D eigenvalue weighted by atomic mass is 19.4.